The fourth-order valence-electron chi connectivity index (χ4n) is 3.58. The van der Waals surface area contributed by atoms with Gasteiger partial charge in [0.05, 0.1) is 12.8 Å². The van der Waals surface area contributed by atoms with E-state index < -0.39 is 0 Å². The van der Waals surface area contributed by atoms with Crippen molar-refractivity contribution in [2.24, 2.45) is 0 Å². The largest absolute Gasteiger partial charge is 0.495 e. The van der Waals surface area contributed by atoms with Crippen LogP contribution in [0, 0.1) is 0 Å². The lowest BCUT2D eigenvalue weighted by Crippen LogP contribution is -2.56. The van der Waals surface area contributed by atoms with Crippen molar-refractivity contribution in [1.82, 2.24) is 14.7 Å². The highest BCUT2D eigenvalue weighted by Gasteiger charge is 2.31. The number of hydrogen-bond donors (Lipinski definition) is 0. The summed E-state index contributed by atoms with van der Waals surface area (Å²) in [6.07, 6.45) is 0. The van der Waals surface area contributed by atoms with Crippen LogP contribution in [0.5, 0.6) is 5.75 Å². The van der Waals surface area contributed by atoms with E-state index in [9.17, 15) is 9.59 Å². The van der Waals surface area contributed by atoms with Gasteiger partial charge in [-0.15, -0.1) is 0 Å². The number of rotatable bonds is 3. The molecule has 1 aromatic carbocycles. The van der Waals surface area contributed by atoms with Crippen LogP contribution in [0.2, 0.25) is 0 Å². The number of carbonyl (C=O) groups excluding carboxylic acids is 2. The molecule has 1 aromatic rings. The average Bonchev–Trinajstić information content (AvgIpc) is 2.73. The molecule has 0 unspecified atom stereocenters. The third-order valence-electron chi connectivity index (χ3n) is 5.28. The molecule has 2 heterocycles. The van der Waals surface area contributed by atoms with Crippen LogP contribution in [0.25, 0.3) is 0 Å². The normalized spacial score (nSPS) is 18.8. The molecule has 26 heavy (non-hydrogen) atoms. The molecule has 7 heteroatoms. The molecule has 2 saturated heterocycles. The van der Waals surface area contributed by atoms with Gasteiger partial charge < -0.3 is 24.3 Å². The number of piperazine rings is 2. The lowest BCUT2D eigenvalue weighted by molar-refractivity contribution is -0.153. The summed E-state index contributed by atoms with van der Waals surface area (Å²) in [5, 5.41) is 0. The molecule has 3 rings (SSSR count). The van der Waals surface area contributed by atoms with Crippen LogP contribution in [0.15, 0.2) is 24.3 Å². The van der Waals surface area contributed by atoms with Crippen molar-refractivity contribution >= 4 is 17.5 Å². The van der Waals surface area contributed by atoms with E-state index in [-0.39, 0.29) is 11.8 Å². The van der Waals surface area contributed by atoms with Crippen LogP contribution in [0.3, 0.4) is 0 Å². The molecule has 7 nitrogen and oxygen atoms in total. The number of likely N-dealkylation sites (N-methyl/N-ethyl adjacent to an activating group) is 1. The molecule has 0 bridgehead atoms. The van der Waals surface area contributed by atoms with Gasteiger partial charge in [0.25, 0.3) is 0 Å². The molecule has 0 radical (unpaired) electrons. The van der Waals surface area contributed by atoms with Crippen LogP contribution in [-0.2, 0) is 9.59 Å². The zero-order valence-corrected chi connectivity index (χ0v) is 15.7. The molecule has 0 atom stereocenters. The van der Waals surface area contributed by atoms with E-state index in [0.717, 1.165) is 31.1 Å². The van der Waals surface area contributed by atoms with Crippen molar-refractivity contribution in [3.8, 4) is 5.75 Å². The third-order valence-corrected chi connectivity index (χ3v) is 5.28. The summed E-state index contributed by atoms with van der Waals surface area (Å²) in [4.78, 5) is 33.0. The molecule has 0 aliphatic carbocycles. The SMILES string of the molecule is CCN1CCN(C(=O)C(=O)N2CCN(c3ccccc3OC)CC2)CC1. The summed E-state index contributed by atoms with van der Waals surface area (Å²) in [7, 11) is 1.66. The Morgan fingerprint density at radius 2 is 1.42 bits per heavy atom. The van der Waals surface area contributed by atoms with Crippen LogP contribution < -0.4 is 9.64 Å². The van der Waals surface area contributed by atoms with E-state index >= 15 is 0 Å². The second kappa shape index (κ2) is 8.40. The molecule has 2 aliphatic heterocycles. The van der Waals surface area contributed by atoms with Crippen molar-refractivity contribution in [3.05, 3.63) is 24.3 Å². The van der Waals surface area contributed by atoms with Crippen LogP contribution >= 0.6 is 0 Å². The fourth-order valence-corrected chi connectivity index (χ4v) is 3.58. The highest BCUT2D eigenvalue weighted by molar-refractivity contribution is 6.35. The number of amides is 2. The first-order chi connectivity index (χ1) is 12.6. The Morgan fingerprint density at radius 1 is 0.885 bits per heavy atom. The molecule has 0 spiro atoms. The van der Waals surface area contributed by atoms with Gasteiger partial charge in [-0.1, -0.05) is 19.1 Å². The Hall–Kier alpha value is -2.28. The number of carbonyl (C=O) groups is 2. The number of nitrogens with zero attached hydrogens (tertiary/aromatic N) is 4. The van der Waals surface area contributed by atoms with E-state index in [0.29, 0.717) is 39.3 Å². The molecule has 0 N–H and O–H groups in total. The molecular weight excluding hydrogens is 332 g/mol. The van der Waals surface area contributed by atoms with Gasteiger partial charge in [-0.3, -0.25) is 9.59 Å². The van der Waals surface area contributed by atoms with Gasteiger partial charge >= 0.3 is 11.8 Å². The van der Waals surface area contributed by atoms with Crippen molar-refractivity contribution < 1.29 is 14.3 Å². The Labute approximate surface area is 155 Å². The molecule has 0 saturated carbocycles. The van der Waals surface area contributed by atoms with Gasteiger partial charge in [0, 0.05) is 52.4 Å². The second-order valence-corrected chi connectivity index (χ2v) is 6.68. The van der Waals surface area contributed by atoms with Gasteiger partial charge in [-0.25, -0.2) is 0 Å². The van der Waals surface area contributed by atoms with Crippen molar-refractivity contribution in [2.45, 2.75) is 6.92 Å². The highest BCUT2D eigenvalue weighted by Crippen LogP contribution is 2.28. The smallest absolute Gasteiger partial charge is 0.312 e. The summed E-state index contributed by atoms with van der Waals surface area (Å²) in [6, 6.07) is 7.88. The second-order valence-electron chi connectivity index (χ2n) is 6.68. The summed E-state index contributed by atoms with van der Waals surface area (Å²) >= 11 is 0. The molecule has 0 aromatic heterocycles. The summed E-state index contributed by atoms with van der Waals surface area (Å²) in [5.74, 6) is 0.110. The first-order valence-corrected chi connectivity index (χ1v) is 9.32. The number of benzene rings is 1. The van der Waals surface area contributed by atoms with Gasteiger partial charge in [0.15, 0.2) is 0 Å². The molecule has 2 fully saturated rings. The lowest BCUT2D eigenvalue weighted by Gasteiger charge is -2.38. The summed E-state index contributed by atoms with van der Waals surface area (Å²) in [6.45, 7) is 8.57. The third kappa shape index (κ3) is 3.93. The van der Waals surface area contributed by atoms with Gasteiger partial charge in [-0.05, 0) is 18.7 Å². The fraction of sp³-hybridized carbons (Fsp3) is 0.579. The summed E-state index contributed by atoms with van der Waals surface area (Å²) < 4.78 is 5.42. The summed E-state index contributed by atoms with van der Waals surface area (Å²) in [5.41, 5.74) is 1.03. The molecule has 142 valence electrons. The minimum Gasteiger partial charge on any atom is -0.495 e. The maximum atomic E-state index is 12.6. The van der Waals surface area contributed by atoms with E-state index in [1.54, 1.807) is 16.9 Å². The number of hydrogen-bond acceptors (Lipinski definition) is 5. The zero-order chi connectivity index (χ0) is 18.5. The Balaban J connectivity index is 1.54. The van der Waals surface area contributed by atoms with Gasteiger partial charge in [0.1, 0.15) is 5.75 Å². The van der Waals surface area contributed by atoms with E-state index in [1.807, 2.05) is 24.3 Å². The monoisotopic (exact) mass is 360 g/mol. The zero-order valence-electron chi connectivity index (χ0n) is 15.7. The first kappa shape index (κ1) is 18.5. The van der Waals surface area contributed by atoms with Crippen LogP contribution in [0.4, 0.5) is 5.69 Å². The maximum absolute atomic E-state index is 12.6. The van der Waals surface area contributed by atoms with Crippen molar-refractivity contribution in [3.63, 3.8) is 0 Å². The first-order valence-electron chi connectivity index (χ1n) is 9.32. The number of para-hydroxylation sites is 2. The van der Waals surface area contributed by atoms with Crippen LogP contribution in [0.1, 0.15) is 6.92 Å². The number of ether oxygens (including phenoxy) is 1. The van der Waals surface area contributed by atoms with Crippen LogP contribution in [-0.4, -0.2) is 92.5 Å². The van der Waals surface area contributed by atoms with Gasteiger partial charge in [-0.2, -0.15) is 0 Å². The van der Waals surface area contributed by atoms with Gasteiger partial charge in [0.2, 0.25) is 0 Å². The highest BCUT2D eigenvalue weighted by atomic mass is 16.5. The topological polar surface area (TPSA) is 56.3 Å². The quantitative estimate of drug-likeness (QED) is 0.735. The predicted molar refractivity (Wildman–Crippen MR) is 100 cm³/mol. The van der Waals surface area contributed by atoms with E-state index in [4.69, 9.17) is 4.74 Å². The Kier molecular flexibility index (Phi) is 5.98. The van der Waals surface area contributed by atoms with E-state index in [1.165, 1.54) is 0 Å². The Bertz CT molecular complexity index is 635. The molecule has 2 amide bonds. The molecular formula is C19H28N4O3. The average molecular weight is 360 g/mol. The lowest BCUT2D eigenvalue weighted by atomic mass is 10.2. The minimum absolute atomic E-state index is 0.355. The number of methoxy groups -OCH3 is 1. The van der Waals surface area contributed by atoms with E-state index in [2.05, 4.69) is 16.7 Å². The van der Waals surface area contributed by atoms with Crippen molar-refractivity contribution in [2.75, 3.05) is 70.9 Å². The standard InChI is InChI=1S/C19H28N4O3/c1-3-20-8-10-22(11-9-20)18(24)19(25)23-14-12-21(13-15-23)16-6-4-5-7-17(16)26-2/h4-7H,3,8-15H2,1-2H3. The molecule has 2 aliphatic rings. The van der Waals surface area contributed by atoms with Crippen molar-refractivity contribution in [1.29, 1.82) is 0 Å². The minimum atomic E-state index is -0.366. The maximum Gasteiger partial charge on any atom is 0.312 e. The Morgan fingerprint density at radius 3 is 1.96 bits per heavy atom. The number of anilines is 1. The predicted octanol–water partition coefficient (Wildman–Crippen LogP) is 0.508.